The van der Waals surface area contributed by atoms with Crippen LogP contribution in [-0.2, 0) is 0 Å². The quantitative estimate of drug-likeness (QED) is 0.546. The molecule has 7 heteroatoms. The highest BCUT2D eigenvalue weighted by molar-refractivity contribution is 6.07. The number of ether oxygens (including phenoxy) is 1. The summed E-state index contributed by atoms with van der Waals surface area (Å²) in [6, 6.07) is 15.0. The second-order valence-corrected chi connectivity index (χ2v) is 5.26. The minimum atomic E-state index is -0.595. The third-order valence-electron chi connectivity index (χ3n) is 3.70. The van der Waals surface area contributed by atoms with Crippen LogP contribution in [0, 0.1) is 10.1 Å². The van der Waals surface area contributed by atoms with Gasteiger partial charge in [-0.1, -0.05) is 12.1 Å². The smallest absolute Gasteiger partial charge is 0.282 e. The summed E-state index contributed by atoms with van der Waals surface area (Å²) in [6.45, 7) is 0. The molecule has 0 radical (unpaired) electrons. The van der Waals surface area contributed by atoms with Gasteiger partial charge in [0.25, 0.3) is 11.6 Å². The number of anilines is 1. The van der Waals surface area contributed by atoms with Crippen LogP contribution < -0.4 is 10.1 Å². The van der Waals surface area contributed by atoms with Gasteiger partial charge in [-0.05, 0) is 42.0 Å². The maximum Gasteiger partial charge on any atom is 0.282 e. The van der Waals surface area contributed by atoms with E-state index >= 15 is 0 Å². The number of hydrogen-bond acceptors (Lipinski definition) is 4. The summed E-state index contributed by atoms with van der Waals surface area (Å²) in [5.74, 6) is -0.198. The number of methoxy groups -OCH3 is 1. The highest BCUT2D eigenvalue weighted by Gasteiger charge is 2.21. The first kappa shape index (κ1) is 16.3. The number of amides is 1. The molecule has 1 aromatic heterocycles. The summed E-state index contributed by atoms with van der Waals surface area (Å²) in [6.07, 6.45) is 1.83. The van der Waals surface area contributed by atoms with Gasteiger partial charge < -0.3 is 15.0 Å². The molecule has 0 aliphatic rings. The number of carbonyl (C=O) groups is 1. The van der Waals surface area contributed by atoms with Gasteiger partial charge in [0, 0.05) is 23.6 Å². The Kier molecular flexibility index (Phi) is 4.47. The monoisotopic (exact) mass is 337 g/mol. The Morgan fingerprint density at radius 1 is 1.16 bits per heavy atom. The number of benzene rings is 2. The van der Waals surface area contributed by atoms with E-state index in [0.717, 1.165) is 11.3 Å². The number of nitrogens with one attached hydrogen (secondary N) is 2. The molecule has 25 heavy (non-hydrogen) atoms. The van der Waals surface area contributed by atoms with Crippen molar-refractivity contribution in [2.75, 3.05) is 12.4 Å². The van der Waals surface area contributed by atoms with Gasteiger partial charge in [-0.2, -0.15) is 0 Å². The zero-order valence-electron chi connectivity index (χ0n) is 13.4. The second kappa shape index (κ2) is 6.88. The van der Waals surface area contributed by atoms with E-state index in [-0.39, 0.29) is 11.3 Å². The van der Waals surface area contributed by atoms with Crippen LogP contribution in [0.3, 0.4) is 0 Å². The first-order chi connectivity index (χ1) is 12.1. The van der Waals surface area contributed by atoms with E-state index in [1.807, 2.05) is 30.5 Å². The van der Waals surface area contributed by atoms with Crippen molar-refractivity contribution in [2.45, 2.75) is 0 Å². The lowest BCUT2D eigenvalue weighted by Gasteiger charge is -2.08. The molecule has 2 aromatic carbocycles. The van der Waals surface area contributed by atoms with Crippen LogP contribution in [0.4, 0.5) is 11.4 Å². The first-order valence-electron chi connectivity index (χ1n) is 7.46. The van der Waals surface area contributed by atoms with Gasteiger partial charge in [-0.15, -0.1) is 0 Å². The Labute approximate surface area is 143 Å². The van der Waals surface area contributed by atoms with Crippen molar-refractivity contribution < 1.29 is 14.5 Å². The summed E-state index contributed by atoms with van der Waals surface area (Å²) in [7, 11) is 1.43. The fourth-order valence-electron chi connectivity index (χ4n) is 2.42. The maximum atomic E-state index is 12.4. The average Bonchev–Trinajstić information content (AvgIpc) is 3.16. The van der Waals surface area contributed by atoms with Crippen molar-refractivity contribution in [1.82, 2.24) is 4.98 Å². The summed E-state index contributed by atoms with van der Waals surface area (Å²) in [5, 5.41) is 13.8. The van der Waals surface area contributed by atoms with E-state index in [1.54, 1.807) is 12.1 Å². The topological polar surface area (TPSA) is 97.3 Å². The van der Waals surface area contributed by atoms with Crippen LogP contribution in [0.1, 0.15) is 10.4 Å². The molecule has 0 aliphatic carbocycles. The van der Waals surface area contributed by atoms with Gasteiger partial charge in [0.1, 0.15) is 11.3 Å². The minimum Gasteiger partial charge on any atom is -0.497 e. The van der Waals surface area contributed by atoms with Crippen LogP contribution in [0.5, 0.6) is 5.75 Å². The predicted molar refractivity (Wildman–Crippen MR) is 93.8 cm³/mol. The Bertz CT molecular complexity index is 903. The number of aromatic amines is 1. The molecular weight excluding hydrogens is 322 g/mol. The van der Waals surface area contributed by atoms with Gasteiger partial charge in [0.05, 0.1) is 12.0 Å². The normalized spacial score (nSPS) is 10.3. The lowest BCUT2D eigenvalue weighted by molar-refractivity contribution is -0.385. The van der Waals surface area contributed by atoms with Gasteiger partial charge in [0.2, 0.25) is 0 Å². The van der Waals surface area contributed by atoms with E-state index in [9.17, 15) is 14.9 Å². The molecule has 7 nitrogen and oxygen atoms in total. The van der Waals surface area contributed by atoms with Crippen molar-refractivity contribution in [1.29, 1.82) is 0 Å². The molecule has 0 spiro atoms. The summed E-state index contributed by atoms with van der Waals surface area (Å²) in [5.41, 5.74) is 2.13. The van der Waals surface area contributed by atoms with Gasteiger partial charge in [0.15, 0.2) is 0 Å². The Morgan fingerprint density at radius 2 is 1.92 bits per heavy atom. The Morgan fingerprint density at radius 3 is 2.52 bits per heavy atom. The number of nitro benzene ring substituents is 1. The Balaban J connectivity index is 1.83. The number of nitro groups is 1. The van der Waals surface area contributed by atoms with Crippen molar-refractivity contribution in [3.05, 3.63) is 76.5 Å². The molecule has 3 rings (SSSR count). The van der Waals surface area contributed by atoms with Gasteiger partial charge >= 0.3 is 0 Å². The van der Waals surface area contributed by atoms with Crippen LogP contribution >= 0.6 is 0 Å². The second-order valence-electron chi connectivity index (χ2n) is 5.26. The molecule has 0 saturated heterocycles. The summed E-state index contributed by atoms with van der Waals surface area (Å²) < 4.78 is 5.04. The molecule has 0 saturated carbocycles. The first-order valence-corrected chi connectivity index (χ1v) is 7.46. The number of nitrogens with zero attached hydrogens (tertiary/aromatic N) is 1. The van der Waals surface area contributed by atoms with Crippen molar-refractivity contribution in [3.8, 4) is 17.0 Å². The third kappa shape index (κ3) is 3.50. The number of aromatic nitrogens is 1. The summed E-state index contributed by atoms with van der Waals surface area (Å²) in [4.78, 5) is 26.1. The molecule has 1 amide bonds. The molecule has 0 bridgehead atoms. The molecular formula is C18H15N3O4. The molecule has 0 unspecified atom stereocenters. The number of H-pyrrole nitrogens is 1. The maximum absolute atomic E-state index is 12.4. The van der Waals surface area contributed by atoms with E-state index in [0.29, 0.717) is 11.4 Å². The van der Waals surface area contributed by atoms with Crippen LogP contribution in [-0.4, -0.2) is 22.9 Å². The standard InChI is InChI=1S/C18H15N3O4/c1-25-14-8-9-17(21(23)24)15(11-14)18(22)20-13-6-4-12(5-7-13)16-3-2-10-19-16/h2-11,19H,1H3,(H,20,22). The SMILES string of the molecule is COc1ccc([N+](=O)[O-])c(C(=O)Nc2ccc(-c3ccc[nH]3)cc2)c1. The van der Waals surface area contributed by atoms with Crippen molar-refractivity contribution in [2.24, 2.45) is 0 Å². The lowest BCUT2D eigenvalue weighted by atomic mass is 10.1. The van der Waals surface area contributed by atoms with E-state index in [2.05, 4.69) is 10.3 Å². The fourth-order valence-corrected chi connectivity index (χ4v) is 2.42. The van der Waals surface area contributed by atoms with E-state index in [4.69, 9.17) is 4.74 Å². The van der Waals surface area contributed by atoms with Crippen LogP contribution in [0.15, 0.2) is 60.8 Å². The molecule has 1 heterocycles. The fraction of sp³-hybridized carbons (Fsp3) is 0.0556. The molecule has 126 valence electrons. The molecule has 0 atom stereocenters. The number of carbonyl (C=O) groups excluding carboxylic acids is 1. The molecule has 2 N–H and O–H groups in total. The van der Waals surface area contributed by atoms with Crippen LogP contribution in [0.2, 0.25) is 0 Å². The molecule has 3 aromatic rings. The van der Waals surface area contributed by atoms with Crippen molar-refractivity contribution >= 4 is 17.3 Å². The number of rotatable bonds is 5. The van der Waals surface area contributed by atoms with Crippen molar-refractivity contribution in [3.63, 3.8) is 0 Å². The van der Waals surface area contributed by atoms with Gasteiger partial charge in [-0.25, -0.2) is 0 Å². The van der Waals surface area contributed by atoms with Gasteiger partial charge in [-0.3, -0.25) is 14.9 Å². The molecule has 0 aliphatic heterocycles. The highest BCUT2D eigenvalue weighted by Crippen LogP contribution is 2.25. The number of hydrogen-bond donors (Lipinski definition) is 2. The molecule has 0 fully saturated rings. The highest BCUT2D eigenvalue weighted by atomic mass is 16.6. The van der Waals surface area contributed by atoms with E-state index in [1.165, 1.54) is 25.3 Å². The summed E-state index contributed by atoms with van der Waals surface area (Å²) >= 11 is 0. The zero-order valence-corrected chi connectivity index (χ0v) is 13.4. The zero-order chi connectivity index (χ0) is 17.8. The largest absolute Gasteiger partial charge is 0.497 e. The lowest BCUT2D eigenvalue weighted by Crippen LogP contribution is -2.14. The minimum absolute atomic E-state index is 0.0576. The third-order valence-corrected chi connectivity index (χ3v) is 3.70. The Hall–Kier alpha value is -3.61. The van der Waals surface area contributed by atoms with Crippen LogP contribution in [0.25, 0.3) is 11.3 Å². The predicted octanol–water partition coefficient (Wildman–Crippen LogP) is 3.85. The van der Waals surface area contributed by atoms with E-state index < -0.39 is 10.8 Å². The average molecular weight is 337 g/mol.